The topological polar surface area (TPSA) is 54.4 Å². The maximum absolute atomic E-state index is 9.82. The van der Waals surface area contributed by atoms with Gasteiger partial charge in [-0.15, -0.1) is 0 Å². The molecule has 0 saturated heterocycles. The van der Waals surface area contributed by atoms with Gasteiger partial charge in [0.05, 0.1) is 0 Å². The summed E-state index contributed by atoms with van der Waals surface area (Å²) >= 11 is 2.63. The van der Waals surface area contributed by atoms with Crippen molar-refractivity contribution in [3.8, 4) is 0 Å². The van der Waals surface area contributed by atoms with Crippen LogP contribution in [0.1, 0.15) is 0 Å². The van der Waals surface area contributed by atoms with E-state index >= 15 is 0 Å². The van der Waals surface area contributed by atoms with E-state index in [1.54, 1.807) is 0 Å². The number of hydrogen-bond acceptors (Lipinski definition) is 2. The number of aldehydes is 1. The average molecular weight is 179 g/mol. The van der Waals surface area contributed by atoms with Crippen molar-refractivity contribution in [2.24, 2.45) is 0 Å². The second kappa shape index (κ2) is 3.37. The Labute approximate surface area is 54.1 Å². The highest BCUT2D eigenvalue weighted by Gasteiger charge is 1.98. The molecule has 3 nitrogen and oxygen atoms in total. The van der Waals surface area contributed by atoms with Gasteiger partial charge in [0.2, 0.25) is 0 Å². The first-order valence-electron chi connectivity index (χ1n) is 1.72. The van der Waals surface area contributed by atoms with Crippen molar-refractivity contribution in [1.82, 2.24) is 0 Å². The molecule has 0 radical (unpaired) electrons. The Morgan fingerprint density at radius 2 is 2.12 bits per heavy atom. The molecule has 0 aliphatic carbocycles. The smallest absolute Gasteiger partial charge is 0.342 e. The lowest BCUT2D eigenvalue weighted by Crippen LogP contribution is -1.92. The van der Waals surface area contributed by atoms with Gasteiger partial charge in [-0.1, -0.05) is 0 Å². The molecule has 44 valence electrons. The Morgan fingerprint density at radius 1 is 1.62 bits per heavy atom. The standard InChI is InChI=1S/C4H3BrO3/c5-3(1-2-6)4(7)8/h1-2H,(H,7,8)/b3-1-. The van der Waals surface area contributed by atoms with Crippen molar-refractivity contribution in [2.45, 2.75) is 0 Å². The molecule has 0 unspecified atom stereocenters. The number of allylic oxidation sites excluding steroid dienone is 1. The van der Waals surface area contributed by atoms with Gasteiger partial charge in [0, 0.05) is 0 Å². The summed E-state index contributed by atoms with van der Waals surface area (Å²) in [5, 5.41) is 8.04. The predicted molar refractivity (Wildman–Crippen MR) is 30.7 cm³/mol. The van der Waals surface area contributed by atoms with Crippen LogP contribution in [0.4, 0.5) is 0 Å². The highest BCUT2D eigenvalue weighted by molar-refractivity contribution is 9.12. The Balaban J connectivity index is 3.99. The van der Waals surface area contributed by atoms with Gasteiger partial charge in [0.15, 0.2) is 0 Å². The van der Waals surface area contributed by atoms with Crippen LogP contribution in [0.15, 0.2) is 10.6 Å². The van der Waals surface area contributed by atoms with Crippen LogP contribution in [0.2, 0.25) is 0 Å². The molecule has 0 aromatic carbocycles. The van der Waals surface area contributed by atoms with Gasteiger partial charge in [-0.05, 0) is 22.0 Å². The maximum atomic E-state index is 9.82. The van der Waals surface area contributed by atoms with Crippen LogP contribution in [0.25, 0.3) is 0 Å². The van der Waals surface area contributed by atoms with E-state index in [9.17, 15) is 9.59 Å². The van der Waals surface area contributed by atoms with Gasteiger partial charge >= 0.3 is 5.97 Å². The second-order valence-electron chi connectivity index (χ2n) is 0.956. The number of hydrogen-bond donors (Lipinski definition) is 1. The summed E-state index contributed by atoms with van der Waals surface area (Å²) in [6, 6.07) is 0. The molecule has 0 spiro atoms. The summed E-state index contributed by atoms with van der Waals surface area (Å²) in [4.78, 5) is 19.4. The van der Waals surface area contributed by atoms with Gasteiger partial charge in [0.1, 0.15) is 10.8 Å². The molecule has 0 bridgehead atoms. The lowest BCUT2D eigenvalue weighted by atomic mass is 10.5. The molecular weight excluding hydrogens is 176 g/mol. The van der Waals surface area contributed by atoms with Gasteiger partial charge in [-0.3, -0.25) is 4.79 Å². The third-order valence-corrected chi connectivity index (χ3v) is 1.02. The minimum atomic E-state index is -1.14. The molecule has 0 fully saturated rings. The van der Waals surface area contributed by atoms with E-state index in [2.05, 4.69) is 15.9 Å². The quantitative estimate of drug-likeness (QED) is 0.497. The number of rotatable bonds is 2. The SMILES string of the molecule is O=C/C=C(\Br)C(=O)O. The number of carbonyl (C=O) groups is 2. The van der Waals surface area contributed by atoms with Crippen LogP contribution in [0.3, 0.4) is 0 Å². The lowest BCUT2D eigenvalue weighted by Gasteiger charge is -1.81. The summed E-state index contributed by atoms with van der Waals surface area (Å²) in [6.45, 7) is 0. The molecule has 0 saturated carbocycles. The van der Waals surface area contributed by atoms with E-state index in [1.165, 1.54) is 0 Å². The van der Waals surface area contributed by atoms with E-state index in [0.717, 1.165) is 6.08 Å². The first-order valence-corrected chi connectivity index (χ1v) is 2.52. The monoisotopic (exact) mass is 178 g/mol. The van der Waals surface area contributed by atoms with Gasteiger partial charge in [-0.2, -0.15) is 0 Å². The molecule has 0 rings (SSSR count). The highest BCUT2D eigenvalue weighted by atomic mass is 79.9. The zero-order valence-electron chi connectivity index (χ0n) is 3.80. The van der Waals surface area contributed by atoms with E-state index in [-0.39, 0.29) is 4.48 Å². The summed E-state index contributed by atoms with van der Waals surface area (Å²) in [7, 11) is 0. The predicted octanol–water partition coefficient (Wildman–Crippen LogP) is 0.549. The second-order valence-corrected chi connectivity index (χ2v) is 1.81. The van der Waals surface area contributed by atoms with Gasteiger partial charge < -0.3 is 5.11 Å². The molecule has 0 aromatic heterocycles. The zero-order chi connectivity index (χ0) is 6.57. The van der Waals surface area contributed by atoms with Gasteiger partial charge in [0.25, 0.3) is 0 Å². The zero-order valence-corrected chi connectivity index (χ0v) is 5.38. The Morgan fingerprint density at radius 3 is 2.25 bits per heavy atom. The van der Waals surface area contributed by atoms with Crippen LogP contribution < -0.4 is 0 Å². The fourth-order valence-corrected chi connectivity index (χ4v) is 0.239. The summed E-state index contributed by atoms with van der Waals surface area (Å²) in [5.74, 6) is -1.14. The molecular formula is C4H3BrO3. The molecule has 0 atom stereocenters. The van der Waals surface area contributed by atoms with Crippen LogP contribution >= 0.6 is 15.9 Å². The normalized spacial score (nSPS) is 10.9. The molecule has 0 heterocycles. The average Bonchev–Trinajstić information content (AvgIpc) is 1.67. The summed E-state index contributed by atoms with van der Waals surface area (Å²) in [5.41, 5.74) is 0. The molecule has 1 N–H and O–H groups in total. The van der Waals surface area contributed by atoms with Crippen LogP contribution in [0.5, 0.6) is 0 Å². The Kier molecular flexibility index (Phi) is 3.10. The van der Waals surface area contributed by atoms with Crippen molar-refractivity contribution in [1.29, 1.82) is 0 Å². The summed E-state index contributed by atoms with van der Waals surface area (Å²) < 4.78 is -0.132. The number of carboxylic acids is 1. The minimum Gasteiger partial charge on any atom is -0.477 e. The van der Waals surface area contributed by atoms with Crippen LogP contribution in [0, 0.1) is 0 Å². The number of carbonyl (C=O) groups excluding carboxylic acids is 1. The van der Waals surface area contributed by atoms with Crippen molar-refractivity contribution in [2.75, 3.05) is 0 Å². The van der Waals surface area contributed by atoms with E-state index in [4.69, 9.17) is 5.11 Å². The summed E-state index contributed by atoms with van der Waals surface area (Å²) in [6.07, 6.45) is 1.32. The van der Waals surface area contributed by atoms with Crippen molar-refractivity contribution < 1.29 is 14.7 Å². The fraction of sp³-hybridized carbons (Fsp3) is 0. The maximum Gasteiger partial charge on any atom is 0.342 e. The van der Waals surface area contributed by atoms with Crippen molar-refractivity contribution in [3.63, 3.8) is 0 Å². The molecule has 0 aliphatic rings. The molecule has 0 amide bonds. The van der Waals surface area contributed by atoms with Crippen LogP contribution in [-0.2, 0) is 9.59 Å². The van der Waals surface area contributed by atoms with E-state index in [0.29, 0.717) is 6.29 Å². The van der Waals surface area contributed by atoms with E-state index in [1.807, 2.05) is 0 Å². The minimum absolute atomic E-state index is 0.132. The Bertz CT molecular complexity index is 138. The molecule has 8 heavy (non-hydrogen) atoms. The van der Waals surface area contributed by atoms with Crippen molar-refractivity contribution >= 4 is 28.2 Å². The fourth-order valence-electron chi connectivity index (χ4n) is 0.131. The highest BCUT2D eigenvalue weighted by Crippen LogP contribution is 2.01. The first-order chi connectivity index (χ1) is 3.68. The third-order valence-electron chi connectivity index (χ3n) is 0.419. The van der Waals surface area contributed by atoms with E-state index < -0.39 is 5.97 Å². The number of halogens is 1. The molecule has 4 heteroatoms. The van der Waals surface area contributed by atoms with Crippen molar-refractivity contribution in [3.05, 3.63) is 10.6 Å². The molecule has 0 aromatic rings. The third kappa shape index (κ3) is 2.52. The van der Waals surface area contributed by atoms with Crippen LogP contribution in [-0.4, -0.2) is 17.4 Å². The Hall–Kier alpha value is -0.640. The number of carboxylic acid groups (broad SMARTS) is 1. The number of aliphatic carboxylic acids is 1. The van der Waals surface area contributed by atoms with Gasteiger partial charge in [-0.25, -0.2) is 4.79 Å². The molecule has 0 aliphatic heterocycles. The first kappa shape index (κ1) is 7.36. The largest absolute Gasteiger partial charge is 0.477 e. The lowest BCUT2D eigenvalue weighted by molar-refractivity contribution is -0.131.